The summed E-state index contributed by atoms with van der Waals surface area (Å²) in [5.74, 6) is 1.49. The summed E-state index contributed by atoms with van der Waals surface area (Å²) in [6.45, 7) is 8.87. The molecule has 2 aromatic heterocycles. The molecule has 2 atom stereocenters. The Kier molecular flexibility index (Phi) is 10.2. The van der Waals surface area contributed by atoms with Crippen LogP contribution >= 0.6 is 0 Å². The predicted octanol–water partition coefficient (Wildman–Crippen LogP) is 2.79. The van der Waals surface area contributed by atoms with Crippen LogP contribution in [-0.2, 0) is 22.4 Å². The number of methoxy groups -OCH3 is 1. The van der Waals surface area contributed by atoms with Crippen LogP contribution in [0.5, 0.6) is 0 Å². The Morgan fingerprint density at radius 1 is 1.31 bits per heavy atom. The molecule has 0 bridgehead atoms. The molecule has 0 aliphatic carbocycles. The van der Waals surface area contributed by atoms with Crippen molar-refractivity contribution >= 4 is 17.4 Å². The van der Waals surface area contributed by atoms with Crippen molar-refractivity contribution in [2.75, 3.05) is 43.9 Å². The first-order valence-electron chi connectivity index (χ1n) is 12.7. The Morgan fingerprint density at radius 3 is 2.91 bits per heavy atom. The third kappa shape index (κ3) is 8.14. The molecule has 0 amide bonds. The molecule has 3 N–H and O–H groups in total. The van der Waals surface area contributed by atoms with Gasteiger partial charge in [0.05, 0.1) is 12.3 Å². The zero-order chi connectivity index (χ0) is 25.2. The van der Waals surface area contributed by atoms with Gasteiger partial charge in [-0.05, 0) is 68.9 Å². The number of aryl methyl sites for hydroxylation is 3. The van der Waals surface area contributed by atoms with Gasteiger partial charge in [-0.1, -0.05) is 6.07 Å². The minimum Gasteiger partial charge on any atom is -0.380 e. The molecule has 0 saturated heterocycles. The van der Waals surface area contributed by atoms with E-state index in [1.807, 2.05) is 0 Å². The Balaban J connectivity index is 1.52. The maximum absolute atomic E-state index is 12.3. The summed E-state index contributed by atoms with van der Waals surface area (Å²) in [5.41, 5.74) is 3.05. The van der Waals surface area contributed by atoms with E-state index in [1.54, 1.807) is 27.2 Å². The van der Waals surface area contributed by atoms with Crippen molar-refractivity contribution in [1.29, 1.82) is 0 Å². The summed E-state index contributed by atoms with van der Waals surface area (Å²) in [7, 11) is 1.73. The second kappa shape index (κ2) is 13.3. The minimum atomic E-state index is -0.412. The summed E-state index contributed by atoms with van der Waals surface area (Å²) in [4.78, 5) is 23.6. The highest BCUT2D eigenvalue weighted by Crippen LogP contribution is 2.20. The molecule has 0 saturated carbocycles. The first-order valence-corrected chi connectivity index (χ1v) is 12.7. The number of ketones is 1. The van der Waals surface area contributed by atoms with Gasteiger partial charge in [-0.2, -0.15) is 0 Å². The second-order valence-corrected chi connectivity index (χ2v) is 9.49. The first-order chi connectivity index (χ1) is 16.9. The lowest BCUT2D eigenvalue weighted by Crippen LogP contribution is -2.43. The van der Waals surface area contributed by atoms with Crippen LogP contribution in [0.15, 0.2) is 24.5 Å². The number of nitrogens with one attached hydrogen (secondary N) is 2. The van der Waals surface area contributed by atoms with E-state index in [9.17, 15) is 10.0 Å². The van der Waals surface area contributed by atoms with Crippen molar-refractivity contribution in [1.82, 2.24) is 14.9 Å². The molecule has 9 nitrogen and oxygen atoms in total. The molecule has 0 unspecified atom stereocenters. The van der Waals surface area contributed by atoms with Crippen molar-refractivity contribution in [2.24, 2.45) is 0 Å². The number of aromatic nitrogens is 3. The average Bonchev–Trinajstić information content (AvgIpc) is 2.86. The van der Waals surface area contributed by atoms with Gasteiger partial charge in [-0.3, -0.25) is 15.1 Å². The van der Waals surface area contributed by atoms with Crippen LogP contribution in [0, 0.1) is 6.92 Å². The number of nitrogens with zero attached hydrogens (tertiary/aromatic N) is 4. The fraction of sp³-hybridized carbons (Fsp3) is 0.615. The number of ether oxygens (including phenoxy) is 1. The molecule has 192 valence electrons. The maximum Gasteiger partial charge on any atom is 0.333 e. The monoisotopic (exact) mass is 485 g/mol. The number of carbonyl (C=O) groups excluding carboxylic acids is 1. The fourth-order valence-electron chi connectivity index (χ4n) is 4.36. The van der Waals surface area contributed by atoms with Crippen molar-refractivity contribution < 1.29 is 19.5 Å². The van der Waals surface area contributed by atoms with E-state index in [0.29, 0.717) is 17.9 Å². The predicted molar refractivity (Wildman–Crippen MR) is 136 cm³/mol. The molecule has 0 fully saturated rings. The van der Waals surface area contributed by atoms with E-state index in [-0.39, 0.29) is 11.9 Å². The Hall–Kier alpha value is -2.78. The Labute approximate surface area is 208 Å². The van der Waals surface area contributed by atoms with Crippen LogP contribution < -0.4 is 15.4 Å². The molecule has 0 spiro atoms. The van der Waals surface area contributed by atoms with Gasteiger partial charge < -0.3 is 20.2 Å². The van der Waals surface area contributed by atoms with Gasteiger partial charge in [-0.25, -0.2) is 4.98 Å². The lowest BCUT2D eigenvalue weighted by molar-refractivity contribution is -0.898. The van der Waals surface area contributed by atoms with E-state index in [0.717, 1.165) is 68.1 Å². The number of Topliss-reactive ketones (excluding diaryl/α,β-unsaturated/α-hetero) is 1. The number of hydrogen-bond acceptors (Lipinski definition) is 8. The number of pyridine rings is 1. The maximum atomic E-state index is 12.3. The van der Waals surface area contributed by atoms with Crippen molar-refractivity contribution in [3.05, 3.63) is 41.5 Å². The SMILES string of the molecule is CO[C@H](C)CN(CCCCc1ccc2c(n1)NCCC2)CC[C@H](Nc1cncc(C)[n+]1O)C(C)=O. The standard InChI is InChI=1S/C26H40N6O3/c1-19-16-27-17-25(32(19)34)30-24(21(3)33)12-15-31(18-20(2)35-4)14-6-5-9-23-11-10-22-8-7-13-28-26(22)29-23/h10-11,16-17,20,24,34H,5-9,12-15,18H2,1-4H3,(H,28,29)/p+1/t20-,24+/m1/s1. The number of anilines is 2. The molecular weight excluding hydrogens is 444 g/mol. The van der Waals surface area contributed by atoms with Gasteiger partial charge in [-0.15, -0.1) is 0 Å². The van der Waals surface area contributed by atoms with Gasteiger partial charge in [0.2, 0.25) is 0 Å². The van der Waals surface area contributed by atoms with E-state index < -0.39 is 6.04 Å². The highest BCUT2D eigenvalue weighted by molar-refractivity contribution is 5.83. The highest BCUT2D eigenvalue weighted by atomic mass is 16.5. The molecule has 0 radical (unpaired) electrons. The van der Waals surface area contributed by atoms with Gasteiger partial charge in [0.1, 0.15) is 12.0 Å². The second-order valence-electron chi connectivity index (χ2n) is 9.49. The van der Waals surface area contributed by atoms with E-state index in [4.69, 9.17) is 9.72 Å². The Bertz CT molecular complexity index is 970. The largest absolute Gasteiger partial charge is 0.380 e. The summed E-state index contributed by atoms with van der Waals surface area (Å²) in [5, 5.41) is 16.8. The molecule has 35 heavy (non-hydrogen) atoms. The topological polar surface area (TPSA) is 103 Å². The minimum absolute atomic E-state index is 0.0262. The molecule has 3 heterocycles. The molecule has 2 aromatic rings. The number of hydrogen-bond donors (Lipinski definition) is 3. The number of unbranched alkanes of at least 4 members (excludes halogenated alkanes) is 1. The third-order valence-corrected chi connectivity index (χ3v) is 6.59. The molecule has 9 heteroatoms. The molecule has 0 aromatic carbocycles. The van der Waals surface area contributed by atoms with Crippen LogP contribution in [0.25, 0.3) is 0 Å². The Morgan fingerprint density at radius 2 is 2.14 bits per heavy atom. The number of carbonyl (C=O) groups is 1. The zero-order valence-electron chi connectivity index (χ0n) is 21.6. The van der Waals surface area contributed by atoms with Gasteiger partial charge >= 0.3 is 5.82 Å². The van der Waals surface area contributed by atoms with Crippen LogP contribution in [0.2, 0.25) is 0 Å². The van der Waals surface area contributed by atoms with E-state index in [2.05, 4.69) is 39.6 Å². The summed E-state index contributed by atoms with van der Waals surface area (Å²) in [6, 6.07) is 3.96. The van der Waals surface area contributed by atoms with Crippen molar-refractivity contribution in [2.45, 2.75) is 71.4 Å². The summed E-state index contributed by atoms with van der Waals surface area (Å²) in [6.07, 6.45) is 9.15. The average molecular weight is 486 g/mol. The van der Waals surface area contributed by atoms with E-state index >= 15 is 0 Å². The lowest BCUT2D eigenvalue weighted by atomic mass is 10.1. The number of fused-ring (bicyclic) bond motifs is 1. The van der Waals surface area contributed by atoms with Crippen molar-refractivity contribution in [3.63, 3.8) is 0 Å². The van der Waals surface area contributed by atoms with E-state index in [1.165, 1.54) is 18.2 Å². The smallest absolute Gasteiger partial charge is 0.333 e. The summed E-state index contributed by atoms with van der Waals surface area (Å²) < 4.78 is 6.53. The van der Waals surface area contributed by atoms with Crippen molar-refractivity contribution in [3.8, 4) is 0 Å². The van der Waals surface area contributed by atoms with Gasteiger partial charge in [0.25, 0.3) is 0 Å². The normalized spacial score (nSPS) is 14.8. The van der Waals surface area contributed by atoms with Crippen LogP contribution in [0.3, 0.4) is 0 Å². The van der Waals surface area contributed by atoms with Gasteiger partial charge in [0.15, 0.2) is 17.5 Å². The highest BCUT2D eigenvalue weighted by Gasteiger charge is 2.24. The number of rotatable bonds is 14. The quantitative estimate of drug-likeness (QED) is 0.213. The molecular formula is C26H41N6O3+. The van der Waals surface area contributed by atoms with Crippen LogP contribution in [-0.4, -0.2) is 71.3 Å². The third-order valence-electron chi connectivity index (χ3n) is 6.59. The van der Waals surface area contributed by atoms with Crippen LogP contribution in [0.4, 0.5) is 11.6 Å². The molecule has 1 aliphatic rings. The van der Waals surface area contributed by atoms with Gasteiger partial charge in [0, 0.05) is 45.8 Å². The van der Waals surface area contributed by atoms with Crippen LogP contribution in [0.1, 0.15) is 56.5 Å². The molecule has 1 aliphatic heterocycles. The lowest BCUT2D eigenvalue weighted by Gasteiger charge is -2.26. The summed E-state index contributed by atoms with van der Waals surface area (Å²) >= 11 is 0. The fourth-order valence-corrected chi connectivity index (χ4v) is 4.36. The molecule has 3 rings (SSSR count). The zero-order valence-corrected chi connectivity index (χ0v) is 21.6. The first kappa shape index (κ1) is 26.8.